The highest BCUT2D eigenvalue weighted by Gasteiger charge is 2.63. The van der Waals surface area contributed by atoms with E-state index in [2.05, 4.69) is 5.10 Å². The van der Waals surface area contributed by atoms with Gasteiger partial charge in [-0.05, 0) is 37.5 Å². The molecule has 2 amide bonds. The second-order valence-corrected chi connectivity index (χ2v) is 8.23. The minimum Gasteiger partial charge on any atom is -0.373 e. The number of anilines is 1. The predicted molar refractivity (Wildman–Crippen MR) is 99.9 cm³/mol. The van der Waals surface area contributed by atoms with Crippen molar-refractivity contribution >= 4 is 40.8 Å². The van der Waals surface area contributed by atoms with Crippen LogP contribution in [-0.2, 0) is 20.9 Å². The minimum absolute atomic E-state index is 0.127. The van der Waals surface area contributed by atoms with Crippen LogP contribution in [0.1, 0.15) is 24.1 Å². The molecule has 0 spiro atoms. The molecule has 1 aromatic heterocycles. The van der Waals surface area contributed by atoms with Gasteiger partial charge in [-0.1, -0.05) is 29.3 Å². The fraction of sp³-hybridized carbons (Fsp3) is 0.421. The number of aromatic nitrogens is 2. The number of halogens is 2. The van der Waals surface area contributed by atoms with Gasteiger partial charge in [-0.25, -0.2) is 4.90 Å². The van der Waals surface area contributed by atoms with Gasteiger partial charge in [-0.3, -0.25) is 14.3 Å². The van der Waals surface area contributed by atoms with Gasteiger partial charge >= 0.3 is 0 Å². The fourth-order valence-electron chi connectivity index (χ4n) is 4.51. The van der Waals surface area contributed by atoms with Crippen molar-refractivity contribution < 1.29 is 14.3 Å². The van der Waals surface area contributed by atoms with Gasteiger partial charge in [0.15, 0.2) is 5.82 Å². The van der Waals surface area contributed by atoms with Crippen molar-refractivity contribution in [3.8, 4) is 0 Å². The molecule has 0 saturated carbocycles. The van der Waals surface area contributed by atoms with Crippen LogP contribution >= 0.6 is 23.2 Å². The largest absolute Gasteiger partial charge is 0.373 e. The molecule has 3 aliphatic rings. The monoisotopic (exact) mass is 405 g/mol. The van der Waals surface area contributed by atoms with Crippen molar-refractivity contribution in [1.29, 1.82) is 0 Å². The first-order valence-electron chi connectivity index (χ1n) is 8.95. The van der Waals surface area contributed by atoms with Crippen LogP contribution < -0.4 is 4.90 Å². The molecule has 0 radical (unpaired) electrons. The van der Waals surface area contributed by atoms with Crippen molar-refractivity contribution in [2.45, 2.75) is 38.5 Å². The van der Waals surface area contributed by atoms with Crippen LogP contribution in [0, 0.1) is 18.8 Å². The Bertz CT molecular complexity index is 945. The zero-order valence-electron chi connectivity index (χ0n) is 14.6. The number of hydrogen-bond donors (Lipinski definition) is 0. The normalized spacial score (nSPS) is 29.1. The van der Waals surface area contributed by atoms with Gasteiger partial charge in [-0.15, -0.1) is 0 Å². The van der Waals surface area contributed by atoms with Gasteiger partial charge in [0.05, 0.1) is 30.6 Å². The lowest BCUT2D eigenvalue weighted by molar-refractivity contribution is -0.124. The van der Waals surface area contributed by atoms with E-state index < -0.39 is 0 Å². The highest BCUT2D eigenvalue weighted by atomic mass is 35.5. The van der Waals surface area contributed by atoms with Crippen LogP contribution in [0.4, 0.5) is 5.82 Å². The van der Waals surface area contributed by atoms with E-state index >= 15 is 0 Å². The number of imide groups is 1. The Morgan fingerprint density at radius 2 is 1.78 bits per heavy atom. The maximum Gasteiger partial charge on any atom is 0.241 e. The molecule has 3 saturated heterocycles. The van der Waals surface area contributed by atoms with Crippen LogP contribution in [-0.4, -0.2) is 33.8 Å². The quantitative estimate of drug-likeness (QED) is 0.735. The summed E-state index contributed by atoms with van der Waals surface area (Å²) in [5, 5.41) is 5.64. The van der Waals surface area contributed by atoms with Crippen molar-refractivity contribution in [1.82, 2.24) is 9.78 Å². The lowest BCUT2D eigenvalue weighted by Crippen LogP contribution is -2.34. The van der Waals surface area contributed by atoms with E-state index in [-0.39, 0.29) is 35.9 Å². The smallest absolute Gasteiger partial charge is 0.241 e. The van der Waals surface area contributed by atoms with Crippen molar-refractivity contribution in [2.24, 2.45) is 11.8 Å². The van der Waals surface area contributed by atoms with E-state index in [4.69, 9.17) is 27.9 Å². The second-order valence-electron chi connectivity index (χ2n) is 7.39. The lowest BCUT2D eigenvalue weighted by Gasteiger charge is -2.15. The van der Waals surface area contributed by atoms with Gasteiger partial charge in [0.25, 0.3) is 0 Å². The Labute approximate surface area is 166 Å². The zero-order valence-corrected chi connectivity index (χ0v) is 16.1. The number of carbonyl (C=O) groups is 2. The number of carbonyl (C=O) groups excluding carboxylic acids is 2. The molecule has 5 rings (SSSR count). The SMILES string of the molecule is Cc1cc(N2C(=O)[C@@H]3[C@H](C2=O)[C@H]2CC[C@@H]3O2)nn1Cc1ccc(Cl)cc1Cl. The molecule has 0 unspecified atom stereocenters. The molecule has 140 valence electrons. The molecule has 6 nitrogen and oxygen atoms in total. The summed E-state index contributed by atoms with van der Waals surface area (Å²) in [6.07, 6.45) is 1.44. The molecule has 8 heteroatoms. The summed E-state index contributed by atoms with van der Waals surface area (Å²) in [5.41, 5.74) is 1.70. The van der Waals surface area contributed by atoms with Crippen LogP contribution in [0.2, 0.25) is 10.0 Å². The molecule has 3 fully saturated rings. The average molecular weight is 406 g/mol. The number of hydrogen-bond acceptors (Lipinski definition) is 4. The summed E-state index contributed by atoms with van der Waals surface area (Å²) in [5.74, 6) is -0.709. The van der Waals surface area contributed by atoms with Crippen LogP contribution in [0.25, 0.3) is 0 Å². The molecule has 0 aliphatic carbocycles. The van der Waals surface area contributed by atoms with E-state index in [1.54, 1.807) is 22.9 Å². The Kier molecular flexibility index (Phi) is 3.86. The number of benzene rings is 1. The number of ether oxygens (including phenoxy) is 1. The first kappa shape index (κ1) is 17.2. The fourth-order valence-corrected chi connectivity index (χ4v) is 4.98. The third-order valence-corrected chi connectivity index (χ3v) is 6.40. The van der Waals surface area contributed by atoms with Crippen molar-refractivity contribution in [3.05, 3.63) is 45.6 Å². The standard InChI is InChI=1S/C19H17Cl2N3O3/c1-9-6-15(22-23(9)8-10-2-3-11(20)7-12(10)21)24-18(25)16-13-4-5-14(27-13)17(16)19(24)26/h2-3,6-7,13-14,16-17H,4-5,8H2,1H3/t13-,14+,16-,17+. The number of rotatable bonds is 3. The zero-order chi connectivity index (χ0) is 18.9. The Morgan fingerprint density at radius 3 is 2.41 bits per heavy atom. The first-order chi connectivity index (χ1) is 12.9. The third kappa shape index (κ3) is 2.54. The van der Waals surface area contributed by atoms with Gasteiger partial charge in [0.2, 0.25) is 11.8 Å². The molecule has 1 aromatic carbocycles. The molecule has 2 aromatic rings. The minimum atomic E-state index is -0.354. The lowest BCUT2D eigenvalue weighted by atomic mass is 9.81. The Hall–Kier alpha value is -1.89. The number of amides is 2. The van der Waals surface area contributed by atoms with E-state index in [1.165, 1.54) is 4.90 Å². The first-order valence-corrected chi connectivity index (χ1v) is 9.71. The Balaban J connectivity index is 1.44. The summed E-state index contributed by atoms with van der Waals surface area (Å²) in [7, 11) is 0. The number of nitrogens with zero attached hydrogens (tertiary/aromatic N) is 3. The summed E-state index contributed by atoms with van der Waals surface area (Å²) in [6, 6.07) is 7.07. The van der Waals surface area contributed by atoms with E-state index in [0.29, 0.717) is 22.4 Å². The number of fused-ring (bicyclic) bond motifs is 5. The highest BCUT2D eigenvalue weighted by Crippen LogP contribution is 2.49. The van der Waals surface area contributed by atoms with E-state index in [1.807, 2.05) is 13.0 Å². The van der Waals surface area contributed by atoms with Crippen LogP contribution in [0.5, 0.6) is 0 Å². The summed E-state index contributed by atoms with van der Waals surface area (Å²) in [6.45, 7) is 2.32. The maximum atomic E-state index is 12.9. The van der Waals surface area contributed by atoms with E-state index in [0.717, 1.165) is 24.1 Å². The van der Waals surface area contributed by atoms with Gasteiger partial charge < -0.3 is 4.74 Å². The summed E-state index contributed by atoms with van der Waals surface area (Å²) >= 11 is 12.2. The van der Waals surface area contributed by atoms with Crippen LogP contribution in [0.15, 0.2) is 24.3 Å². The molecule has 2 bridgehead atoms. The highest BCUT2D eigenvalue weighted by molar-refractivity contribution is 6.35. The van der Waals surface area contributed by atoms with Gasteiger partial charge in [0, 0.05) is 21.8 Å². The molecule has 4 heterocycles. The third-order valence-electron chi connectivity index (χ3n) is 5.82. The summed E-state index contributed by atoms with van der Waals surface area (Å²) in [4.78, 5) is 27.0. The molecule has 27 heavy (non-hydrogen) atoms. The van der Waals surface area contributed by atoms with Gasteiger partial charge in [0.1, 0.15) is 0 Å². The molecular formula is C19H17Cl2N3O3. The van der Waals surface area contributed by atoms with Crippen molar-refractivity contribution in [3.63, 3.8) is 0 Å². The molecule has 4 atom stereocenters. The number of aryl methyl sites for hydroxylation is 1. The van der Waals surface area contributed by atoms with Crippen molar-refractivity contribution in [2.75, 3.05) is 4.90 Å². The predicted octanol–water partition coefficient (Wildman–Crippen LogP) is 3.21. The molecule has 3 aliphatic heterocycles. The Morgan fingerprint density at radius 1 is 1.11 bits per heavy atom. The van der Waals surface area contributed by atoms with Gasteiger partial charge in [-0.2, -0.15) is 5.10 Å². The maximum absolute atomic E-state index is 12.9. The van der Waals surface area contributed by atoms with E-state index in [9.17, 15) is 9.59 Å². The molecular weight excluding hydrogens is 389 g/mol. The molecule has 0 N–H and O–H groups in total. The topological polar surface area (TPSA) is 64.4 Å². The second kappa shape index (κ2) is 6.06. The average Bonchev–Trinajstić information content (AvgIpc) is 3.35. The van der Waals surface area contributed by atoms with Crippen LogP contribution in [0.3, 0.4) is 0 Å². The summed E-state index contributed by atoms with van der Waals surface area (Å²) < 4.78 is 7.52.